The van der Waals surface area contributed by atoms with E-state index in [0.717, 1.165) is 31.7 Å². The zero-order chi connectivity index (χ0) is 22.0. The number of ether oxygens (including phenoxy) is 2. The van der Waals surface area contributed by atoms with E-state index >= 15 is 0 Å². The fraction of sp³-hybridized carbons (Fsp3) is 0.435. The molecule has 4 atom stereocenters. The molecule has 0 radical (unpaired) electrons. The van der Waals surface area contributed by atoms with E-state index in [-0.39, 0.29) is 23.8 Å². The number of rotatable bonds is 6. The summed E-state index contributed by atoms with van der Waals surface area (Å²) in [6.45, 7) is 2.99. The molecule has 1 aliphatic carbocycles. The predicted molar refractivity (Wildman–Crippen MR) is 118 cm³/mol. The van der Waals surface area contributed by atoms with E-state index in [0.29, 0.717) is 22.9 Å². The van der Waals surface area contributed by atoms with Gasteiger partial charge in [-0.15, -0.1) is 0 Å². The summed E-state index contributed by atoms with van der Waals surface area (Å²) in [5.41, 5.74) is 0.471. The van der Waals surface area contributed by atoms with Crippen LogP contribution in [0.4, 0.5) is 5.69 Å². The highest BCUT2D eigenvalue weighted by molar-refractivity contribution is 6.30. The van der Waals surface area contributed by atoms with Crippen LogP contribution in [-0.4, -0.2) is 58.5 Å². The topological polar surface area (TPSA) is 91.3 Å². The fourth-order valence-electron chi connectivity index (χ4n) is 4.37. The van der Waals surface area contributed by atoms with E-state index in [4.69, 9.17) is 21.1 Å². The molecule has 1 saturated heterocycles. The third-order valence-corrected chi connectivity index (χ3v) is 6.09. The minimum Gasteiger partial charge on any atom is -0.508 e. The summed E-state index contributed by atoms with van der Waals surface area (Å²) >= 11 is 5.93. The Morgan fingerprint density at radius 1 is 1.13 bits per heavy atom. The number of benzene rings is 2. The van der Waals surface area contributed by atoms with E-state index in [2.05, 4.69) is 10.2 Å². The number of hydrogen-bond acceptors (Lipinski definition) is 6. The zero-order valence-corrected chi connectivity index (χ0v) is 18.1. The van der Waals surface area contributed by atoms with Crippen molar-refractivity contribution in [1.82, 2.24) is 4.90 Å². The van der Waals surface area contributed by atoms with Crippen LogP contribution in [-0.2, 0) is 4.79 Å². The van der Waals surface area contributed by atoms with Gasteiger partial charge < -0.3 is 25.0 Å². The molecule has 1 amide bonds. The van der Waals surface area contributed by atoms with Crippen molar-refractivity contribution in [1.29, 1.82) is 0 Å². The molecule has 166 valence electrons. The summed E-state index contributed by atoms with van der Waals surface area (Å²) in [5, 5.41) is 24.1. The number of nitrogens with one attached hydrogen (secondary N) is 1. The first-order chi connectivity index (χ1) is 14.9. The Bertz CT molecular complexity index is 923. The molecule has 1 heterocycles. The lowest BCUT2D eigenvalue weighted by atomic mass is 10.1. The highest BCUT2D eigenvalue weighted by Crippen LogP contribution is 2.35. The van der Waals surface area contributed by atoms with Crippen LogP contribution in [0.25, 0.3) is 0 Å². The quantitative estimate of drug-likeness (QED) is 0.589. The lowest BCUT2D eigenvalue weighted by Crippen LogP contribution is -2.44. The number of phenols is 1. The second kappa shape index (κ2) is 9.34. The van der Waals surface area contributed by atoms with Gasteiger partial charge in [0.1, 0.15) is 35.6 Å². The molecule has 0 aromatic heterocycles. The van der Waals surface area contributed by atoms with E-state index in [1.165, 1.54) is 19.1 Å². The normalized spacial score (nSPS) is 26.0. The first-order valence-electron chi connectivity index (χ1n) is 10.5. The molecule has 2 fully saturated rings. The summed E-state index contributed by atoms with van der Waals surface area (Å²) < 4.78 is 12.1. The number of hydrogen-bond donors (Lipinski definition) is 3. The fourth-order valence-corrected chi connectivity index (χ4v) is 4.50. The molecular weight excluding hydrogens is 420 g/mol. The van der Waals surface area contributed by atoms with Gasteiger partial charge in [-0.25, -0.2) is 0 Å². The van der Waals surface area contributed by atoms with Gasteiger partial charge in [-0.05, 0) is 55.7 Å². The Kier molecular flexibility index (Phi) is 6.55. The second-order valence-electron chi connectivity index (χ2n) is 8.13. The number of aliphatic hydroxyl groups excluding tert-OH is 1. The van der Waals surface area contributed by atoms with Crippen LogP contribution in [0.3, 0.4) is 0 Å². The number of aromatic hydroxyl groups is 1. The molecule has 2 aliphatic rings. The maximum absolute atomic E-state index is 11.5. The summed E-state index contributed by atoms with van der Waals surface area (Å²) in [5.74, 6) is 0.947. The number of nitrogens with zero attached hydrogens (tertiary/aromatic N) is 1. The first-order valence-corrected chi connectivity index (χ1v) is 10.9. The molecule has 3 N–H and O–H groups in total. The van der Waals surface area contributed by atoms with Crippen molar-refractivity contribution in [2.45, 2.75) is 50.5 Å². The highest BCUT2D eigenvalue weighted by atomic mass is 35.5. The zero-order valence-electron chi connectivity index (χ0n) is 17.3. The number of carbonyl (C=O) groups excluding carboxylic acids is 1. The Balaban J connectivity index is 1.36. The average Bonchev–Trinajstić information content (AvgIpc) is 3.32. The monoisotopic (exact) mass is 446 g/mol. The smallest absolute Gasteiger partial charge is 0.221 e. The molecule has 1 saturated carbocycles. The molecule has 4 rings (SSSR count). The molecule has 0 bridgehead atoms. The third-order valence-electron chi connectivity index (χ3n) is 5.84. The van der Waals surface area contributed by atoms with Crippen molar-refractivity contribution in [3.63, 3.8) is 0 Å². The molecule has 7 nitrogen and oxygen atoms in total. The van der Waals surface area contributed by atoms with Crippen LogP contribution < -0.4 is 14.8 Å². The van der Waals surface area contributed by atoms with Gasteiger partial charge in [0.2, 0.25) is 5.91 Å². The molecular formula is C23H27ClN2O5. The third kappa shape index (κ3) is 5.23. The van der Waals surface area contributed by atoms with Crippen molar-refractivity contribution in [2.75, 3.05) is 18.4 Å². The number of halogens is 1. The second-order valence-corrected chi connectivity index (χ2v) is 8.57. The highest BCUT2D eigenvalue weighted by Gasteiger charge is 2.42. The Morgan fingerprint density at radius 2 is 1.90 bits per heavy atom. The van der Waals surface area contributed by atoms with Crippen LogP contribution >= 0.6 is 11.6 Å². The summed E-state index contributed by atoms with van der Waals surface area (Å²) in [7, 11) is 0. The maximum atomic E-state index is 11.5. The molecule has 2 aromatic rings. The van der Waals surface area contributed by atoms with Gasteiger partial charge in [0.15, 0.2) is 0 Å². The molecule has 1 aliphatic heterocycles. The van der Waals surface area contributed by atoms with Crippen LogP contribution in [0.15, 0.2) is 42.5 Å². The van der Waals surface area contributed by atoms with Gasteiger partial charge in [0, 0.05) is 37.1 Å². The van der Waals surface area contributed by atoms with Crippen molar-refractivity contribution >= 4 is 23.2 Å². The largest absolute Gasteiger partial charge is 0.508 e. The standard InChI is InChI=1S/C23H27ClN2O5/c1-14(27)25-19-7-4-16(28)12-22(19)31-21-9-8-20(23(21)29)26-11-10-18(13-26)30-17-5-2-15(24)3-6-17/h2-7,12,18,20-21,23,28-29H,8-11,13H2,1H3,(H,25,27)/t18-,20-,21-,23-/m0/s1. The van der Waals surface area contributed by atoms with Crippen molar-refractivity contribution in [2.24, 2.45) is 0 Å². The van der Waals surface area contributed by atoms with Gasteiger partial charge in [-0.3, -0.25) is 9.69 Å². The lowest BCUT2D eigenvalue weighted by Gasteiger charge is -2.28. The van der Waals surface area contributed by atoms with Gasteiger partial charge in [0.05, 0.1) is 5.69 Å². The number of phenolic OH excluding ortho intramolecular Hbond substituents is 1. The van der Waals surface area contributed by atoms with E-state index < -0.39 is 12.2 Å². The van der Waals surface area contributed by atoms with E-state index in [9.17, 15) is 15.0 Å². The Labute approximate surface area is 186 Å². The van der Waals surface area contributed by atoms with Crippen molar-refractivity contribution in [3.05, 3.63) is 47.5 Å². The van der Waals surface area contributed by atoms with Crippen LogP contribution in [0.1, 0.15) is 26.2 Å². The molecule has 2 aromatic carbocycles. The van der Waals surface area contributed by atoms with Crippen LogP contribution in [0.5, 0.6) is 17.2 Å². The van der Waals surface area contributed by atoms with Crippen LogP contribution in [0.2, 0.25) is 5.02 Å². The number of aliphatic hydroxyl groups is 1. The number of carbonyl (C=O) groups is 1. The SMILES string of the molecule is CC(=O)Nc1ccc(O)cc1O[C@H]1CC[C@H](N2CC[C@H](Oc3ccc(Cl)cc3)C2)[C@@H]1O. The number of amides is 1. The lowest BCUT2D eigenvalue weighted by molar-refractivity contribution is -0.114. The van der Waals surface area contributed by atoms with Gasteiger partial charge in [-0.2, -0.15) is 0 Å². The summed E-state index contributed by atoms with van der Waals surface area (Å²) in [4.78, 5) is 13.7. The van der Waals surface area contributed by atoms with Gasteiger partial charge in [-0.1, -0.05) is 11.6 Å². The number of anilines is 1. The molecule has 0 unspecified atom stereocenters. The molecule has 31 heavy (non-hydrogen) atoms. The van der Waals surface area contributed by atoms with Gasteiger partial charge in [0.25, 0.3) is 0 Å². The Hall–Kier alpha value is -2.48. The molecule has 8 heteroatoms. The van der Waals surface area contributed by atoms with Crippen molar-refractivity contribution in [3.8, 4) is 17.2 Å². The predicted octanol–water partition coefficient (Wildman–Crippen LogP) is 3.43. The first kappa shape index (κ1) is 21.7. The minimum absolute atomic E-state index is 0.0228. The minimum atomic E-state index is -0.679. The Morgan fingerprint density at radius 3 is 2.65 bits per heavy atom. The van der Waals surface area contributed by atoms with E-state index in [1.807, 2.05) is 24.3 Å². The van der Waals surface area contributed by atoms with Crippen molar-refractivity contribution < 1.29 is 24.5 Å². The summed E-state index contributed by atoms with van der Waals surface area (Å²) in [6, 6.07) is 11.8. The molecule has 0 spiro atoms. The average molecular weight is 447 g/mol. The van der Waals surface area contributed by atoms with E-state index in [1.54, 1.807) is 6.07 Å². The number of likely N-dealkylation sites (tertiary alicyclic amines) is 1. The van der Waals surface area contributed by atoms with Crippen LogP contribution in [0, 0.1) is 0 Å². The summed E-state index contributed by atoms with van der Waals surface area (Å²) in [6.07, 6.45) is 1.33. The van der Waals surface area contributed by atoms with Gasteiger partial charge >= 0.3 is 0 Å². The maximum Gasteiger partial charge on any atom is 0.221 e.